The van der Waals surface area contributed by atoms with Gasteiger partial charge in [0, 0.05) is 17.9 Å². The van der Waals surface area contributed by atoms with Gasteiger partial charge in [-0.2, -0.15) is 0 Å². The lowest BCUT2D eigenvalue weighted by Gasteiger charge is -2.03. The highest BCUT2D eigenvalue weighted by Gasteiger charge is 2.12. The normalized spacial score (nSPS) is 10.6. The third-order valence-corrected chi connectivity index (χ3v) is 4.54. The molecule has 0 bridgehead atoms. The van der Waals surface area contributed by atoms with Gasteiger partial charge >= 0.3 is 5.97 Å². The highest BCUT2D eigenvalue weighted by Crippen LogP contribution is 2.26. The summed E-state index contributed by atoms with van der Waals surface area (Å²) < 4.78 is 9.93. The van der Waals surface area contributed by atoms with Crippen molar-refractivity contribution in [1.82, 2.24) is 5.32 Å². The number of carbonyl (C=O) groups excluding carboxylic acids is 3. The number of esters is 1. The number of methoxy groups -OCH3 is 1. The number of nitrogens with one attached hydrogen (secondary N) is 1. The fourth-order valence-electron chi connectivity index (χ4n) is 2.05. The van der Waals surface area contributed by atoms with Gasteiger partial charge in [0.25, 0.3) is 0 Å². The predicted octanol–water partition coefficient (Wildman–Crippen LogP) is 2.54. The van der Waals surface area contributed by atoms with E-state index >= 15 is 0 Å². The van der Waals surface area contributed by atoms with Gasteiger partial charge in [-0.05, 0) is 35.9 Å². The molecule has 2 N–H and O–H groups in total. The summed E-state index contributed by atoms with van der Waals surface area (Å²) in [6.45, 7) is 1.40. The monoisotopic (exact) mass is 389 g/mol. The highest BCUT2D eigenvalue weighted by atomic mass is 32.1. The molecule has 0 aliphatic carbocycles. The first-order valence-electron chi connectivity index (χ1n) is 7.97. The van der Waals surface area contributed by atoms with Crippen molar-refractivity contribution in [3.8, 4) is 11.5 Å². The van der Waals surface area contributed by atoms with Crippen molar-refractivity contribution >= 4 is 35.1 Å². The number of benzene rings is 1. The number of aromatic hydroxyl groups is 1. The Balaban J connectivity index is 1.86. The molecule has 0 radical (unpaired) electrons. The number of ketones is 1. The maximum atomic E-state index is 12.1. The number of phenols is 1. The lowest BCUT2D eigenvalue weighted by molar-refractivity contribution is -0.136. The highest BCUT2D eigenvalue weighted by molar-refractivity contribution is 7.14. The van der Waals surface area contributed by atoms with Crippen LogP contribution in [-0.2, 0) is 20.9 Å². The van der Waals surface area contributed by atoms with Crippen LogP contribution in [0.25, 0.3) is 6.08 Å². The molecule has 0 spiro atoms. The Morgan fingerprint density at radius 2 is 2.00 bits per heavy atom. The molecule has 142 valence electrons. The maximum absolute atomic E-state index is 12.1. The summed E-state index contributed by atoms with van der Waals surface area (Å²) >= 11 is 1.24. The first kappa shape index (κ1) is 20.2. The van der Waals surface area contributed by atoms with Crippen molar-refractivity contribution in [2.75, 3.05) is 13.7 Å². The number of phenolic OH excluding ortho intramolecular Hbond substituents is 1. The summed E-state index contributed by atoms with van der Waals surface area (Å²) in [6, 6.07) is 7.99. The molecule has 0 fully saturated rings. The number of amides is 1. The van der Waals surface area contributed by atoms with Crippen LogP contribution in [0.3, 0.4) is 0 Å². The Hall–Kier alpha value is -3.13. The average molecular weight is 389 g/mol. The molecule has 1 aromatic carbocycles. The van der Waals surface area contributed by atoms with E-state index in [0.717, 1.165) is 4.88 Å². The van der Waals surface area contributed by atoms with Crippen molar-refractivity contribution in [3.63, 3.8) is 0 Å². The fourth-order valence-corrected chi connectivity index (χ4v) is 2.92. The Morgan fingerprint density at radius 3 is 2.70 bits per heavy atom. The molecule has 7 nitrogen and oxygen atoms in total. The molecule has 2 rings (SSSR count). The van der Waals surface area contributed by atoms with Crippen molar-refractivity contribution < 1.29 is 29.0 Å². The minimum absolute atomic E-state index is 0.00311. The first-order chi connectivity index (χ1) is 12.9. The minimum atomic E-state index is -0.662. The van der Waals surface area contributed by atoms with Crippen LogP contribution in [0.4, 0.5) is 0 Å². The van der Waals surface area contributed by atoms with E-state index in [1.807, 2.05) is 0 Å². The Morgan fingerprint density at radius 1 is 1.22 bits per heavy atom. The van der Waals surface area contributed by atoms with Gasteiger partial charge in [-0.25, -0.2) is 4.79 Å². The summed E-state index contributed by atoms with van der Waals surface area (Å²) in [5.41, 5.74) is 0.633. The van der Waals surface area contributed by atoms with Crippen LogP contribution < -0.4 is 10.1 Å². The lowest BCUT2D eigenvalue weighted by Crippen LogP contribution is -2.18. The topological polar surface area (TPSA) is 102 Å². The SMILES string of the molecule is COc1cc(/C=C/C(=O)OCC(=O)c2ccc(CNC(C)=O)s2)ccc1O. The molecule has 0 unspecified atom stereocenters. The second-order valence-corrected chi connectivity index (χ2v) is 6.64. The summed E-state index contributed by atoms with van der Waals surface area (Å²) in [4.78, 5) is 36.0. The number of hydrogen-bond donors (Lipinski definition) is 2. The standard InChI is InChI=1S/C19H19NO6S/c1-12(21)20-10-14-5-7-18(27-14)16(23)11-26-19(24)8-4-13-3-6-15(22)17(9-13)25-2/h3-9,22H,10-11H2,1-2H3,(H,20,21)/b8-4+. The van der Waals surface area contributed by atoms with E-state index in [-0.39, 0.29) is 29.8 Å². The van der Waals surface area contributed by atoms with E-state index in [1.54, 1.807) is 24.3 Å². The van der Waals surface area contributed by atoms with E-state index in [9.17, 15) is 19.5 Å². The third-order valence-electron chi connectivity index (χ3n) is 3.41. The van der Waals surface area contributed by atoms with Crippen LogP contribution in [0.5, 0.6) is 11.5 Å². The summed E-state index contributed by atoms with van der Waals surface area (Å²) in [5, 5.41) is 12.2. The average Bonchev–Trinajstić information content (AvgIpc) is 3.13. The van der Waals surface area contributed by atoms with E-state index < -0.39 is 5.97 Å². The molecule has 1 aromatic heterocycles. The van der Waals surface area contributed by atoms with Gasteiger partial charge in [-0.3, -0.25) is 9.59 Å². The van der Waals surface area contributed by atoms with Crippen LogP contribution in [0.15, 0.2) is 36.4 Å². The van der Waals surface area contributed by atoms with Crippen LogP contribution in [0, 0.1) is 0 Å². The lowest BCUT2D eigenvalue weighted by atomic mass is 10.2. The Bertz CT molecular complexity index is 871. The molecule has 0 atom stereocenters. The van der Waals surface area contributed by atoms with E-state index in [1.165, 1.54) is 43.6 Å². The smallest absolute Gasteiger partial charge is 0.331 e. The first-order valence-corrected chi connectivity index (χ1v) is 8.79. The second kappa shape index (κ2) is 9.54. The van der Waals surface area contributed by atoms with Crippen molar-refractivity contribution in [2.45, 2.75) is 13.5 Å². The third kappa shape index (κ3) is 6.27. The molecule has 1 heterocycles. The minimum Gasteiger partial charge on any atom is -0.504 e. The zero-order valence-corrected chi connectivity index (χ0v) is 15.7. The van der Waals surface area contributed by atoms with Gasteiger partial charge in [-0.1, -0.05) is 6.07 Å². The van der Waals surface area contributed by atoms with Gasteiger partial charge in [-0.15, -0.1) is 11.3 Å². The zero-order chi connectivity index (χ0) is 19.8. The quantitative estimate of drug-likeness (QED) is 0.409. The molecular weight excluding hydrogens is 370 g/mol. The van der Waals surface area contributed by atoms with Crippen LogP contribution in [0.2, 0.25) is 0 Å². The zero-order valence-electron chi connectivity index (χ0n) is 14.9. The van der Waals surface area contributed by atoms with E-state index in [0.29, 0.717) is 17.0 Å². The number of carbonyl (C=O) groups is 3. The summed E-state index contributed by atoms with van der Waals surface area (Å²) in [7, 11) is 1.43. The van der Waals surface area contributed by atoms with E-state index in [4.69, 9.17) is 9.47 Å². The van der Waals surface area contributed by atoms with Crippen molar-refractivity contribution in [2.24, 2.45) is 0 Å². The van der Waals surface area contributed by atoms with Crippen molar-refractivity contribution in [1.29, 1.82) is 0 Å². The fraction of sp³-hybridized carbons (Fsp3) is 0.211. The van der Waals surface area contributed by atoms with E-state index in [2.05, 4.69) is 5.32 Å². The van der Waals surface area contributed by atoms with Gasteiger partial charge < -0.3 is 19.9 Å². The molecule has 0 saturated heterocycles. The molecule has 0 saturated carbocycles. The van der Waals surface area contributed by atoms with Crippen LogP contribution >= 0.6 is 11.3 Å². The van der Waals surface area contributed by atoms with Gasteiger partial charge in [0.05, 0.1) is 18.5 Å². The number of rotatable bonds is 8. The van der Waals surface area contributed by atoms with Crippen molar-refractivity contribution in [3.05, 3.63) is 51.7 Å². The number of thiophene rings is 1. The molecule has 1 amide bonds. The predicted molar refractivity (Wildman–Crippen MR) is 101 cm³/mol. The van der Waals surface area contributed by atoms with Crippen LogP contribution in [-0.4, -0.2) is 36.5 Å². The molecule has 0 aliphatic rings. The van der Waals surface area contributed by atoms with Gasteiger partial charge in [0.2, 0.25) is 11.7 Å². The molecule has 8 heteroatoms. The summed E-state index contributed by atoms with van der Waals surface area (Å²) in [6.07, 6.45) is 2.68. The Kier molecular flexibility index (Phi) is 7.13. The number of hydrogen-bond acceptors (Lipinski definition) is 7. The summed E-state index contributed by atoms with van der Waals surface area (Å²) in [5.74, 6) is -0.846. The van der Waals surface area contributed by atoms with Gasteiger partial charge in [0.1, 0.15) is 0 Å². The molecular formula is C19H19NO6S. The molecule has 27 heavy (non-hydrogen) atoms. The molecule has 0 aliphatic heterocycles. The number of ether oxygens (including phenoxy) is 2. The second-order valence-electron chi connectivity index (χ2n) is 5.47. The van der Waals surface area contributed by atoms with Gasteiger partial charge in [0.15, 0.2) is 18.1 Å². The maximum Gasteiger partial charge on any atom is 0.331 e. The molecule has 2 aromatic rings. The van der Waals surface area contributed by atoms with Crippen LogP contribution in [0.1, 0.15) is 27.0 Å². The largest absolute Gasteiger partial charge is 0.504 e. The number of Topliss-reactive ketones (excluding diaryl/α,β-unsaturated/α-hetero) is 1. The Labute approximate surface area is 160 Å².